The fraction of sp³-hybridized carbons (Fsp3) is 0.696. The molecular weight excluding hydrogens is 493 g/mol. The van der Waals surface area contributed by atoms with E-state index < -0.39 is 0 Å². The Morgan fingerprint density at radius 2 is 1.87 bits per heavy atom. The zero-order valence-electron chi connectivity index (χ0n) is 19.1. The average Bonchev–Trinajstić information content (AvgIpc) is 2.69. The molecule has 1 aromatic rings. The highest BCUT2D eigenvalue weighted by Crippen LogP contribution is 2.43. The van der Waals surface area contributed by atoms with Gasteiger partial charge in [0.1, 0.15) is 5.75 Å². The van der Waals surface area contributed by atoms with Crippen LogP contribution in [0.25, 0.3) is 0 Å². The topological polar surface area (TPSA) is 64.1 Å². The fourth-order valence-electron chi connectivity index (χ4n) is 3.60. The van der Waals surface area contributed by atoms with Crippen molar-refractivity contribution in [2.24, 2.45) is 10.4 Å². The third-order valence-corrected chi connectivity index (χ3v) is 5.61. The molecule has 7 heteroatoms. The lowest BCUT2D eigenvalue weighted by atomic mass is 9.67. The summed E-state index contributed by atoms with van der Waals surface area (Å²) < 4.78 is 16.4. The van der Waals surface area contributed by atoms with E-state index in [1.54, 1.807) is 14.2 Å². The summed E-state index contributed by atoms with van der Waals surface area (Å²) in [6.45, 7) is 8.72. The summed E-state index contributed by atoms with van der Waals surface area (Å²) in [4.78, 5) is 4.82. The van der Waals surface area contributed by atoms with E-state index in [0.717, 1.165) is 49.8 Å². The van der Waals surface area contributed by atoms with Crippen molar-refractivity contribution >= 4 is 29.9 Å². The van der Waals surface area contributed by atoms with Crippen molar-refractivity contribution < 1.29 is 14.2 Å². The number of methoxy groups -OCH3 is 2. The number of ether oxygens (including phenoxy) is 3. The van der Waals surface area contributed by atoms with Crippen LogP contribution >= 0.6 is 24.0 Å². The molecule has 0 amide bonds. The summed E-state index contributed by atoms with van der Waals surface area (Å²) in [6.07, 6.45) is 5.82. The number of rotatable bonds is 13. The van der Waals surface area contributed by atoms with Crippen molar-refractivity contribution in [2.45, 2.75) is 52.5 Å². The number of hydrogen-bond donors (Lipinski definition) is 2. The molecule has 0 aromatic heterocycles. The van der Waals surface area contributed by atoms with E-state index in [-0.39, 0.29) is 24.0 Å². The van der Waals surface area contributed by atoms with Gasteiger partial charge in [-0.25, -0.2) is 4.99 Å². The van der Waals surface area contributed by atoms with Crippen LogP contribution in [-0.4, -0.2) is 53.1 Å². The van der Waals surface area contributed by atoms with E-state index in [0.29, 0.717) is 25.2 Å². The SMILES string of the molecule is CCNC(=NCc1ccc(C)cc1OCCCOC)NCC1(CCOC)CCC1.I. The number of aliphatic imine (C=N–C) groups is 1. The number of halogens is 1. The minimum absolute atomic E-state index is 0. The Hall–Kier alpha value is -1.06. The van der Waals surface area contributed by atoms with Crippen molar-refractivity contribution in [1.82, 2.24) is 10.6 Å². The van der Waals surface area contributed by atoms with Gasteiger partial charge in [-0.1, -0.05) is 18.6 Å². The summed E-state index contributed by atoms with van der Waals surface area (Å²) >= 11 is 0. The van der Waals surface area contributed by atoms with Gasteiger partial charge in [-0.05, 0) is 50.2 Å². The molecule has 1 fully saturated rings. The first-order valence-electron chi connectivity index (χ1n) is 10.8. The third kappa shape index (κ3) is 8.98. The second-order valence-corrected chi connectivity index (χ2v) is 7.95. The van der Waals surface area contributed by atoms with Gasteiger partial charge in [0, 0.05) is 52.5 Å². The van der Waals surface area contributed by atoms with Crippen LogP contribution in [0.15, 0.2) is 23.2 Å². The lowest BCUT2D eigenvalue weighted by molar-refractivity contribution is 0.0732. The lowest BCUT2D eigenvalue weighted by Gasteiger charge is -2.42. The summed E-state index contributed by atoms with van der Waals surface area (Å²) in [5, 5.41) is 6.93. The Morgan fingerprint density at radius 1 is 1.10 bits per heavy atom. The minimum atomic E-state index is 0. The van der Waals surface area contributed by atoms with Crippen LogP contribution in [0, 0.1) is 12.3 Å². The Kier molecular flexibility index (Phi) is 13.4. The lowest BCUT2D eigenvalue weighted by Crippen LogP contribution is -2.46. The van der Waals surface area contributed by atoms with Gasteiger partial charge in [-0.2, -0.15) is 0 Å². The number of guanidine groups is 1. The molecule has 172 valence electrons. The normalized spacial score (nSPS) is 15.1. The quantitative estimate of drug-likeness (QED) is 0.172. The molecule has 0 radical (unpaired) electrons. The smallest absolute Gasteiger partial charge is 0.191 e. The predicted molar refractivity (Wildman–Crippen MR) is 134 cm³/mol. The Labute approximate surface area is 199 Å². The van der Waals surface area contributed by atoms with E-state index in [1.807, 2.05) is 0 Å². The molecule has 1 aromatic carbocycles. The van der Waals surface area contributed by atoms with E-state index >= 15 is 0 Å². The second kappa shape index (κ2) is 14.9. The molecule has 0 spiro atoms. The van der Waals surface area contributed by atoms with Gasteiger partial charge in [-0.15, -0.1) is 24.0 Å². The van der Waals surface area contributed by atoms with Crippen molar-refractivity contribution in [2.75, 3.05) is 47.1 Å². The molecule has 0 unspecified atom stereocenters. The number of nitrogens with zero attached hydrogens (tertiary/aromatic N) is 1. The molecule has 2 N–H and O–H groups in total. The van der Waals surface area contributed by atoms with E-state index in [4.69, 9.17) is 19.2 Å². The van der Waals surface area contributed by atoms with Crippen LogP contribution < -0.4 is 15.4 Å². The maximum atomic E-state index is 5.99. The molecular formula is C23H40IN3O3. The zero-order valence-corrected chi connectivity index (χ0v) is 21.4. The van der Waals surface area contributed by atoms with Crippen LogP contribution in [0.3, 0.4) is 0 Å². The molecule has 0 atom stereocenters. The molecule has 0 saturated heterocycles. The highest BCUT2D eigenvalue weighted by molar-refractivity contribution is 14.0. The van der Waals surface area contributed by atoms with Crippen molar-refractivity contribution in [1.29, 1.82) is 0 Å². The first-order chi connectivity index (χ1) is 14.1. The monoisotopic (exact) mass is 533 g/mol. The zero-order chi connectivity index (χ0) is 21.0. The van der Waals surface area contributed by atoms with Crippen molar-refractivity contribution in [3.63, 3.8) is 0 Å². The summed E-state index contributed by atoms with van der Waals surface area (Å²) in [6, 6.07) is 6.31. The first-order valence-corrected chi connectivity index (χ1v) is 10.8. The Morgan fingerprint density at radius 3 is 2.50 bits per heavy atom. The molecule has 30 heavy (non-hydrogen) atoms. The fourth-order valence-corrected chi connectivity index (χ4v) is 3.60. The summed E-state index contributed by atoms with van der Waals surface area (Å²) in [5.74, 6) is 1.78. The molecule has 0 bridgehead atoms. The third-order valence-electron chi connectivity index (χ3n) is 5.61. The molecule has 0 aliphatic heterocycles. The molecule has 6 nitrogen and oxygen atoms in total. The van der Waals surface area contributed by atoms with Gasteiger partial charge in [-0.3, -0.25) is 0 Å². The number of nitrogens with one attached hydrogen (secondary N) is 2. The molecule has 0 heterocycles. The number of aryl methyl sites for hydroxylation is 1. The van der Waals surface area contributed by atoms with Gasteiger partial charge in [0.2, 0.25) is 0 Å². The first kappa shape index (κ1) is 27.0. The average molecular weight is 533 g/mol. The standard InChI is InChI=1S/C23H39N3O3.HI/c1-5-24-22(26-18-23(10-6-11-23)12-15-28-4)25-17-20-9-8-19(2)16-21(20)29-14-7-13-27-3;/h8-9,16H,5-7,10-15,17-18H2,1-4H3,(H2,24,25,26);1H. The molecule has 1 saturated carbocycles. The largest absolute Gasteiger partial charge is 0.493 e. The molecule has 1 aliphatic carbocycles. The van der Waals surface area contributed by atoms with Gasteiger partial charge in [0.05, 0.1) is 13.2 Å². The summed E-state index contributed by atoms with van der Waals surface area (Å²) in [5.41, 5.74) is 2.64. The maximum absolute atomic E-state index is 5.99. The van der Waals surface area contributed by atoms with Crippen LogP contribution in [0.2, 0.25) is 0 Å². The van der Waals surface area contributed by atoms with Crippen molar-refractivity contribution in [3.05, 3.63) is 29.3 Å². The van der Waals surface area contributed by atoms with Crippen LogP contribution in [0.4, 0.5) is 0 Å². The van der Waals surface area contributed by atoms with E-state index in [9.17, 15) is 0 Å². The minimum Gasteiger partial charge on any atom is -0.493 e. The van der Waals surface area contributed by atoms with Gasteiger partial charge < -0.3 is 24.8 Å². The predicted octanol–water partition coefficient (Wildman–Crippen LogP) is 4.29. The number of benzene rings is 1. The highest BCUT2D eigenvalue weighted by atomic mass is 127. The molecule has 2 rings (SSSR count). The van der Waals surface area contributed by atoms with Gasteiger partial charge in [0.25, 0.3) is 0 Å². The number of hydrogen-bond acceptors (Lipinski definition) is 4. The maximum Gasteiger partial charge on any atom is 0.191 e. The van der Waals surface area contributed by atoms with E-state index in [1.165, 1.54) is 24.8 Å². The van der Waals surface area contributed by atoms with Crippen LogP contribution in [0.5, 0.6) is 5.75 Å². The highest BCUT2D eigenvalue weighted by Gasteiger charge is 2.36. The van der Waals surface area contributed by atoms with Gasteiger partial charge >= 0.3 is 0 Å². The van der Waals surface area contributed by atoms with Gasteiger partial charge in [0.15, 0.2) is 5.96 Å². The Balaban J connectivity index is 0.00000450. The van der Waals surface area contributed by atoms with Crippen LogP contribution in [-0.2, 0) is 16.0 Å². The van der Waals surface area contributed by atoms with E-state index in [2.05, 4.69) is 42.7 Å². The van der Waals surface area contributed by atoms with Crippen molar-refractivity contribution in [3.8, 4) is 5.75 Å². The van der Waals surface area contributed by atoms with Crippen LogP contribution in [0.1, 0.15) is 50.2 Å². The Bertz CT molecular complexity index is 636. The summed E-state index contributed by atoms with van der Waals surface area (Å²) in [7, 11) is 3.49. The second-order valence-electron chi connectivity index (χ2n) is 7.95. The molecule has 1 aliphatic rings.